The van der Waals surface area contributed by atoms with Gasteiger partial charge in [0.25, 0.3) is 0 Å². The third-order valence-electron chi connectivity index (χ3n) is 10.3. The standard InChI is InChI=1S/C44H30FN4OPSi.Pd/c1-48-34-18-7-6-17-33(34)47-44(48)30-13-11-12-28(26-30)42(45)29-21-24-39-36(27-29)49(40-20-9-10-25-46-40)35-22-23-38-41(32-16-5-8-19-37(32)50-38)43(35)52(39,51)31-14-3-2-4-15-31;/h2-25,42H,51H2,1H3;/q-2;+2. The van der Waals surface area contributed by atoms with Crippen molar-refractivity contribution in [3.05, 3.63) is 169 Å². The second-order valence-electron chi connectivity index (χ2n) is 13.2. The zero-order valence-electron chi connectivity index (χ0n) is 28.4. The van der Waals surface area contributed by atoms with Crippen molar-refractivity contribution >= 4 is 82.3 Å². The van der Waals surface area contributed by atoms with E-state index in [2.05, 4.69) is 74.4 Å². The van der Waals surface area contributed by atoms with E-state index >= 15 is 4.39 Å². The van der Waals surface area contributed by atoms with Crippen molar-refractivity contribution in [1.82, 2.24) is 14.5 Å². The molecule has 0 fully saturated rings. The van der Waals surface area contributed by atoms with Crippen LogP contribution in [0.15, 0.2) is 150 Å². The van der Waals surface area contributed by atoms with Gasteiger partial charge >= 0.3 is 20.4 Å². The maximum absolute atomic E-state index is 17.0. The SMILES string of the molecule is Cn1c(-c2[c-]c(C(F)c3[c-]c4c(cc3)[Si](P)(c3ccccc3)c3c(ccc5oc6ccccc6c35)N4c3ccccn3)ccc2)nc2ccccc21.[Pd+2]. The predicted molar refractivity (Wildman–Crippen MR) is 214 cm³/mol. The van der Waals surface area contributed by atoms with Gasteiger partial charge in [-0.2, -0.15) is 18.2 Å². The number of benzene rings is 6. The normalized spacial score (nSPS) is 15.6. The zero-order valence-corrected chi connectivity index (χ0v) is 32.1. The van der Waals surface area contributed by atoms with Crippen LogP contribution in [0.5, 0.6) is 0 Å². The topological polar surface area (TPSA) is 47.1 Å². The van der Waals surface area contributed by atoms with Gasteiger partial charge in [0.15, 0.2) is 0 Å². The van der Waals surface area contributed by atoms with E-state index in [1.165, 1.54) is 10.4 Å². The van der Waals surface area contributed by atoms with E-state index in [9.17, 15) is 0 Å². The summed E-state index contributed by atoms with van der Waals surface area (Å²) in [6.07, 6.45) is 0.311. The third kappa shape index (κ3) is 5.16. The fourth-order valence-electron chi connectivity index (χ4n) is 7.83. The molecular formula is C44H30FN4OPPdSi. The first kappa shape index (κ1) is 33.6. The van der Waals surface area contributed by atoms with Crippen molar-refractivity contribution in [3.63, 3.8) is 0 Å². The molecule has 6 aromatic carbocycles. The van der Waals surface area contributed by atoms with Crippen LogP contribution in [0.2, 0.25) is 0 Å². The minimum atomic E-state index is -2.87. The largest absolute Gasteiger partial charge is 2.00 e. The molecule has 0 saturated heterocycles. The number of hydrogen-bond donors (Lipinski definition) is 0. The second-order valence-corrected chi connectivity index (χ2v) is 19.0. The van der Waals surface area contributed by atoms with Gasteiger partial charge in [-0.3, -0.25) is 4.98 Å². The van der Waals surface area contributed by atoms with Crippen LogP contribution in [0.3, 0.4) is 0 Å². The minimum absolute atomic E-state index is 0. The molecule has 9 heteroatoms. The summed E-state index contributed by atoms with van der Waals surface area (Å²) in [6, 6.07) is 53.5. The summed E-state index contributed by atoms with van der Waals surface area (Å²) in [5.74, 6) is 1.47. The summed E-state index contributed by atoms with van der Waals surface area (Å²) >= 11 is 0. The summed E-state index contributed by atoms with van der Waals surface area (Å²) < 4.78 is 25.5. The number of aryl methyl sites for hydroxylation is 1. The van der Waals surface area contributed by atoms with Crippen molar-refractivity contribution in [2.45, 2.75) is 6.17 Å². The Labute approximate surface area is 322 Å². The molecule has 3 unspecified atom stereocenters. The van der Waals surface area contributed by atoms with E-state index in [4.69, 9.17) is 14.4 Å². The number of anilines is 3. The van der Waals surface area contributed by atoms with E-state index in [-0.39, 0.29) is 20.4 Å². The van der Waals surface area contributed by atoms with Crippen LogP contribution in [0, 0.1) is 12.1 Å². The van der Waals surface area contributed by atoms with Crippen LogP contribution in [0.4, 0.5) is 21.6 Å². The summed E-state index contributed by atoms with van der Waals surface area (Å²) in [4.78, 5) is 11.8. The molecule has 9 aromatic rings. The maximum atomic E-state index is 17.0. The van der Waals surface area contributed by atoms with Crippen molar-refractivity contribution in [3.8, 4) is 11.4 Å². The summed E-state index contributed by atoms with van der Waals surface area (Å²) in [5, 5.41) is 5.65. The van der Waals surface area contributed by atoms with Crippen LogP contribution in [-0.2, 0) is 27.5 Å². The van der Waals surface area contributed by atoms with E-state index in [0.717, 1.165) is 66.7 Å². The van der Waals surface area contributed by atoms with Crippen LogP contribution < -0.4 is 20.5 Å². The molecule has 3 aromatic heterocycles. The zero-order chi connectivity index (χ0) is 35.0. The molecule has 4 heterocycles. The average molecular weight is 815 g/mol. The van der Waals surface area contributed by atoms with E-state index in [1.807, 2.05) is 96.5 Å². The van der Waals surface area contributed by atoms with E-state index in [0.29, 0.717) is 11.1 Å². The van der Waals surface area contributed by atoms with Gasteiger partial charge in [-0.15, -0.1) is 49.4 Å². The van der Waals surface area contributed by atoms with Gasteiger partial charge in [0.1, 0.15) is 30.9 Å². The number of para-hydroxylation sites is 3. The second kappa shape index (κ2) is 13.0. The molecule has 258 valence electrons. The van der Waals surface area contributed by atoms with Crippen LogP contribution in [-0.4, -0.2) is 22.3 Å². The molecule has 3 atom stereocenters. The Morgan fingerprint density at radius 2 is 1.53 bits per heavy atom. The summed E-state index contributed by atoms with van der Waals surface area (Å²) in [6.45, 7) is 0. The number of hydrogen-bond acceptors (Lipinski definition) is 4. The molecule has 0 N–H and O–H groups in total. The molecular weight excluding hydrogens is 785 g/mol. The van der Waals surface area contributed by atoms with Gasteiger partial charge in [-0.25, -0.2) is 9.37 Å². The summed E-state index contributed by atoms with van der Waals surface area (Å²) in [7, 11) is 2.43. The number of nitrogens with zero attached hydrogens (tertiary/aromatic N) is 4. The van der Waals surface area contributed by atoms with Crippen molar-refractivity contribution < 1.29 is 29.2 Å². The Hall–Kier alpha value is -5.22. The molecule has 5 nitrogen and oxygen atoms in total. The van der Waals surface area contributed by atoms with Crippen LogP contribution in [0.1, 0.15) is 17.3 Å². The van der Waals surface area contributed by atoms with Gasteiger partial charge in [0.2, 0.25) is 0 Å². The molecule has 0 amide bonds. The Balaban J connectivity index is 0.00000372. The molecule has 0 bridgehead atoms. The third-order valence-corrected chi connectivity index (χ3v) is 16.8. The Morgan fingerprint density at radius 3 is 2.36 bits per heavy atom. The van der Waals surface area contributed by atoms with Crippen LogP contribution in [0.25, 0.3) is 44.4 Å². The fraction of sp³-hybridized carbons (Fsp3) is 0.0455. The van der Waals surface area contributed by atoms with Gasteiger partial charge in [0, 0.05) is 29.7 Å². The fourth-order valence-corrected chi connectivity index (χ4v) is 13.7. The van der Waals surface area contributed by atoms with Gasteiger partial charge < -0.3 is 13.9 Å². The van der Waals surface area contributed by atoms with Gasteiger partial charge in [0.05, 0.1) is 16.9 Å². The summed E-state index contributed by atoms with van der Waals surface area (Å²) in [5.41, 5.74) is 6.92. The number of rotatable bonds is 5. The number of alkyl halides is 1. The number of fused-ring (bicyclic) bond motifs is 7. The first-order chi connectivity index (χ1) is 25.5. The van der Waals surface area contributed by atoms with Crippen molar-refractivity contribution in [2.75, 3.05) is 4.90 Å². The quantitative estimate of drug-likeness (QED) is 0.0991. The molecule has 10 rings (SSSR count). The number of furan rings is 1. The first-order valence-corrected chi connectivity index (χ1v) is 21.0. The van der Waals surface area contributed by atoms with E-state index < -0.39 is 13.9 Å². The van der Waals surface area contributed by atoms with Gasteiger partial charge in [-0.1, -0.05) is 83.2 Å². The molecule has 0 saturated carbocycles. The molecule has 1 aliphatic rings. The molecule has 53 heavy (non-hydrogen) atoms. The Bertz CT molecular complexity index is 2830. The number of aromatic nitrogens is 3. The van der Waals surface area contributed by atoms with Gasteiger partial charge in [-0.05, 0) is 47.7 Å². The first-order valence-electron chi connectivity index (χ1n) is 17.2. The predicted octanol–water partition coefficient (Wildman–Crippen LogP) is 8.82. The average Bonchev–Trinajstić information content (AvgIpc) is 3.75. The Kier molecular flexibility index (Phi) is 8.25. The van der Waals surface area contributed by atoms with E-state index in [1.54, 1.807) is 12.3 Å². The number of halogens is 1. The monoisotopic (exact) mass is 814 g/mol. The molecule has 0 aliphatic carbocycles. The van der Waals surface area contributed by atoms with Crippen LogP contribution >= 0.6 is 8.79 Å². The molecule has 0 spiro atoms. The number of pyridine rings is 1. The van der Waals surface area contributed by atoms with Crippen molar-refractivity contribution in [2.24, 2.45) is 7.05 Å². The van der Waals surface area contributed by atoms with Crippen molar-refractivity contribution in [1.29, 1.82) is 0 Å². The number of imidazole rings is 1. The minimum Gasteiger partial charge on any atom is -0.456 e. The maximum Gasteiger partial charge on any atom is 2.00 e. The molecule has 0 radical (unpaired) electrons. The smallest absolute Gasteiger partial charge is 0.456 e. The Morgan fingerprint density at radius 1 is 0.755 bits per heavy atom. The molecule has 1 aliphatic heterocycles.